The van der Waals surface area contributed by atoms with Crippen molar-refractivity contribution in [3.05, 3.63) is 12.0 Å². The lowest BCUT2D eigenvalue weighted by Gasteiger charge is -2.35. The Bertz CT molecular complexity index is 582. The van der Waals surface area contributed by atoms with Crippen LogP contribution in [0.4, 0.5) is 16.2 Å². The molecular weight excluding hydrogens is 303 g/mol. The van der Waals surface area contributed by atoms with Crippen LogP contribution in [0.5, 0.6) is 0 Å². The van der Waals surface area contributed by atoms with Crippen molar-refractivity contribution in [2.24, 2.45) is 0 Å². The topological polar surface area (TPSA) is 75.2 Å². The lowest BCUT2D eigenvalue weighted by Crippen LogP contribution is -2.47. The first-order valence-corrected chi connectivity index (χ1v) is 9.34. The molecule has 20 heavy (non-hydrogen) atoms. The lowest BCUT2D eigenvalue weighted by molar-refractivity contribution is 0.573. The molecule has 9 heteroatoms. The zero-order chi connectivity index (χ0) is 14.8. The minimum atomic E-state index is -3.31. The van der Waals surface area contributed by atoms with Gasteiger partial charge in [-0.05, 0) is 6.92 Å². The molecule has 0 bridgehead atoms. The van der Waals surface area contributed by atoms with Crippen molar-refractivity contribution in [1.82, 2.24) is 9.97 Å². The van der Waals surface area contributed by atoms with E-state index in [1.165, 1.54) is 11.2 Å². The van der Waals surface area contributed by atoms with E-state index < -0.39 is 21.0 Å². The second-order valence-electron chi connectivity index (χ2n) is 4.45. The summed E-state index contributed by atoms with van der Waals surface area (Å²) in [5, 5.41) is 2.15. The maximum Gasteiger partial charge on any atom is 0.224 e. The standard InChI is InChI=1S/C11H17FN4O2S2/c1-3-13-11-14-6-8(12)10(15-11)16-4-5-19-7-9(16)20(2,17)18/h6,9H,3-5,7H2,1-2H3,(H,13,14,15). The highest BCUT2D eigenvalue weighted by Gasteiger charge is 2.33. The van der Waals surface area contributed by atoms with E-state index in [1.54, 1.807) is 11.8 Å². The average molecular weight is 320 g/mol. The summed E-state index contributed by atoms with van der Waals surface area (Å²) in [5.41, 5.74) is 0. The van der Waals surface area contributed by atoms with Crippen LogP contribution < -0.4 is 10.2 Å². The molecule has 0 radical (unpaired) electrons. The molecule has 1 aliphatic heterocycles. The Labute approximate surface area is 122 Å². The van der Waals surface area contributed by atoms with Crippen LogP contribution in [0.3, 0.4) is 0 Å². The number of sulfone groups is 1. The fourth-order valence-corrected chi connectivity index (χ4v) is 4.80. The molecular formula is C11H17FN4O2S2. The Morgan fingerprint density at radius 2 is 2.35 bits per heavy atom. The predicted molar refractivity (Wildman–Crippen MR) is 79.5 cm³/mol. The van der Waals surface area contributed by atoms with Crippen molar-refractivity contribution in [2.75, 3.05) is 41.1 Å². The second kappa shape index (κ2) is 6.13. The molecule has 1 fully saturated rings. The van der Waals surface area contributed by atoms with E-state index in [0.717, 1.165) is 11.9 Å². The zero-order valence-corrected chi connectivity index (χ0v) is 13.0. The summed E-state index contributed by atoms with van der Waals surface area (Å²) in [5.74, 6) is 0.901. The maximum absolute atomic E-state index is 14.0. The normalized spacial score (nSPS) is 19.9. The number of hydrogen-bond donors (Lipinski definition) is 1. The molecule has 1 unspecified atom stereocenters. The quantitative estimate of drug-likeness (QED) is 0.886. The van der Waals surface area contributed by atoms with Crippen LogP contribution in [0.15, 0.2) is 6.20 Å². The van der Waals surface area contributed by atoms with Crippen molar-refractivity contribution in [3.8, 4) is 0 Å². The lowest BCUT2D eigenvalue weighted by atomic mass is 10.4. The average Bonchev–Trinajstić information content (AvgIpc) is 2.40. The van der Waals surface area contributed by atoms with Gasteiger partial charge in [-0.1, -0.05) is 0 Å². The molecule has 1 saturated heterocycles. The summed E-state index contributed by atoms with van der Waals surface area (Å²) < 4.78 is 37.7. The van der Waals surface area contributed by atoms with Crippen molar-refractivity contribution in [2.45, 2.75) is 12.3 Å². The largest absolute Gasteiger partial charge is 0.354 e. The van der Waals surface area contributed by atoms with Gasteiger partial charge in [0.05, 0.1) is 6.20 Å². The van der Waals surface area contributed by atoms with Crippen molar-refractivity contribution in [3.63, 3.8) is 0 Å². The van der Waals surface area contributed by atoms with Gasteiger partial charge in [-0.3, -0.25) is 0 Å². The van der Waals surface area contributed by atoms with Gasteiger partial charge in [-0.15, -0.1) is 0 Å². The van der Waals surface area contributed by atoms with E-state index in [1.807, 2.05) is 6.92 Å². The van der Waals surface area contributed by atoms with Gasteiger partial charge in [0.2, 0.25) is 5.95 Å². The third kappa shape index (κ3) is 3.32. The van der Waals surface area contributed by atoms with Crippen LogP contribution in [-0.2, 0) is 9.84 Å². The first kappa shape index (κ1) is 15.3. The Morgan fingerprint density at radius 3 is 3.00 bits per heavy atom. The molecule has 1 aromatic rings. The van der Waals surface area contributed by atoms with E-state index in [4.69, 9.17) is 0 Å². The van der Waals surface area contributed by atoms with Crippen molar-refractivity contribution >= 4 is 33.4 Å². The second-order valence-corrected chi connectivity index (χ2v) is 7.80. The summed E-state index contributed by atoms with van der Waals surface area (Å²) >= 11 is 1.55. The molecule has 0 aliphatic carbocycles. The SMILES string of the molecule is CCNc1ncc(F)c(N2CCSCC2S(C)(=O)=O)n1. The van der Waals surface area contributed by atoms with Gasteiger partial charge in [-0.2, -0.15) is 16.7 Å². The molecule has 112 valence electrons. The third-order valence-electron chi connectivity index (χ3n) is 2.91. The number of thioether (sulfide) groups is 1. The van der Waals surface area contributed by atoms with Gasteiger partial charge in [0.1, 0.15) is 5.37 Å². The van der Waals surface area contributed by atoms with E-state index in [9.17, 15) is 12.8 Å². The van der Waals surface area contributed by atoms with E-state index in [2.05, 4.69) is 15.3 Å². The zero-order valence-electron chi connectivity index (χ0n) is 11.3. The van der Waals surface area contributed by atoms with Crippen LogP contribution in [0, 0.1) is 5.82 Å². The van der Waals surface area contributed by atoms with Crippen molar-refractivity contribution in [1.29, 1.82) is 0 Å². The van der Waals surface area contributed by atoms with Crippen LogP contribution in [0.2, 0.25) is 0 Å². The molecule has 2 heterocycles. The summed E-state index contributed by atoms with van der Waals surface area (Å²) in [4.78, 5) is 9.45. The molecule has 1 atom stereocenters. The van der Waals surface area contributed by atoms with Gasteiger partial charge < -0.3 is 10.2 Å². The van der Waals surface area contributed by atoms with Crippen LogP contribution in [0.1, 0.15) is 6.92 Å². The van der Waals surface area contributed by atoms with E-state index in [0.29, 0.717) is 24.8 Å². The Morgan fingerprint density at radius 1 is 1.60 bits per heavy atom. The first-order valence-electron chi connectivity index (χ1n) is 6.23. The Balaban J connectivity index is 2.39. The summed E-state index contributed by atoms with van der Waals surface area (Å²) in [6.45, 7) is 2.93. The molecule has 0 amide bonds. The highest BCUT2D eigenvalue weighted by molar-refractivity contribution is 8.01. The first-order chi connectivity index (χ1) is 9.43. The molecule has 1 N–H and O–H groups in total. The number of hydrogen-bond acceptors (Lipinski definition) is 7. The number of rotatable bonds is 4. The minimum absolute atomic E-state index is 0.0478. The molecule has 2 rings (SSSR count). The fourth-order valence-electron chi connectivity index (χ4n) is 1.98. The van der Waals surface area contributed by atoms with Gasteiger partial charge in [-0.25, -0.2) is 17.8 Å². The summed E-state index contributed by atoms with van der Waals surface area (Å²) in [6, 6.07) is 0. The van der Waals surface area contributed by atoms with Crippen LogP contribution in [0.25, 0.3) is 0 Å². The number of anilines is 2. The predicted octanol–water partition coefficient (Wildman–Crippen LogP) is 0.971. The highest BCUT2D eigenvalue weighted by Crippen LogP contribution is 2.27. The molecule has 1 aliphatic rings. The van der Waals surface area contributed by atoms with Crippen LogP contribution >= 0.6 is 11.8 Å². The Hall–Kier alpha value is -1.09. The van der Waals surface area contributed by atoms with Gasteiger partial charge in [0.15, 0.2) is 21.5 Å². The van der Waals surface area contributed by atoms with Gasteiger partial charge in [0.25, 0.3) is 0 Å². The monoisotopic (exact) mass is 320 g/mol. The highest BCUT2D eigenvalue weighted by atomic mass is 32.2. The number of nitrogens with zero attached hydrogens (tertiary/aromatic N) is 3. The molecule has 0 spiro atoms. The van der Waals surface area contributed by atoms with E-state index >= 15 is 0 Å². The molecule has 0 saturated carbocycles. The summed E-state index contributed by atoms with van der Waals surface area (Å²) in [6.07, 6.45) is 2.24. The number of nitrogens with one attached hydrogen (secondary N) is 1. The molecule has 0 aromatic carbocycles. The number of aromatic nitrogens is 2. The van der Waals surface area contributed by atoms with Crippen molar-refractivity contribution < 1.29 is 12.8 Å². The summed E-state index contributed by atoms with van der Waals surface area (Å²) in [7, 11) is -3.31. The number of halogens is 1. The minimum Gasteiger partial charge on any atom is -0.354 e. The fraction of sp³-hybridized carbons (Fsp3) is 0.636. The third-order valence-corrected chi connectivity index (χ3v) is 5.55. The van der Waals surface area contributed by atoms with E-state index in [-0.39, 0.29) is 5.82 Å². The van der Waals surface area contributed by atoms with Gasteiger partial charge in [0, 0.05) is 30.9 Å². The van der Waals surface area contributed by atoms with Crippen LogP contribution in [-0.4, -0.2) is 54.6 Å². The smallest absolute Gasteiger partial charge is 0.224 e. The maximum atomic E-state index is 14.0. The molecule has 1 aromatic heterocycles. The van der Waals surface area contributed by atoms with Gasteiger partial charge >= 0.3 is 0 Å². The Kier molecular flexibility index (Phi) is 4.69. The molecule has 6 nitrogen and oxygen atoms in total.